The zero-order chi connectivity index (χ0) is 17.8. The fourth-order valence-electron chi connectivity index (χ4n) is 3.85. The van der Waals surface area contributed by atoms with E-state index in [1.165, 1.54) is 16.4 Å². The molecule has 9 nitrogen and oxygen atoms in total. The molecule has 2 heterocycles. The van der Waals surface area contributed by atoms with Gasteiger partial charge in [0.25, 0.3) is 0 Å². The maximum atomic E-state index is 12.2. The maximum Gasteiger partial charge on any atom is 0.230 e. The lowest BCUT2D eigenvalue weighted by molar-refractivity contribution is -0.128. The first-order valence-electron chi connectivity index (χ1n) is 8.49. The van der Waals surface area contributed by atoms with E-state index in [1.807, 2.05) is 0 Å². The van der Waals surface area contributed by atoms with Crippen molar-refractivity contribution in [2.24, 2.45) is 18.9 Å². The molecule has 0 spiro atoms. The first kappa shape index (κ1) is 18.1. The summed E-state index contributed by atoms with van der Waals surface area (Å²) < 4.78 is 6.81. The van der Waals surface area contributed by atoms with Crippen molar-refractivity contribution in [3.05, 3.63) is 0 Å². The number of fused-ring (bicyclic) bond motifs is 1. The number of nitrogens with zero attached hydrogens (tertiary/aromatic N) is 4. The number of ether oxygens (including phenoxy) is 1. The van der Waals surface area contributed by atoms with Gasteiger partial charge in [0, 0.05) is 39.3 Å². The van der Waals surface area contributed by atoms with Gasteiger partial charge in [-0.2, -0.15) is 0 Å². The summed E-state index contributed by atoms with van der Waals surface area (Å²) in [6.45, 7) is 0.619. The Balaban J connectivity index is 1.49. The van der Waals surface area contributed by atoms with Gasteiger partial charge in [0.05, 0.1) is 5.75 Å². The molecule has 0 bridgehead atoms. The summed E-state index contributed by atoms with van der Waals surface area (Å²) in [6, 6.07) is 0.213. The number of hydrogen-bond acceptors (Lipinski definition) is 7. The third-order valence-electron chi connectivity index (χ3n) is 4.96. The van der Waals surface area contributed by atoms with Crippen LogP contribution in [-0.4, -0.2) is 63.6 Å². The number of piperidine rings is 1. The third-order valence-corrected chi connectivity index (χ3v) is 5.97. The van der Waals surface area contributed by atoms with Gasteiger partial charge < -0.3 is 15.4 Å². The van der Waals surface area contributed by atoms with Crippen LogP contribution in [0.15, 0.2) is 5.16 Å². The van der Waals surface area contributed by atoms with Crippen LogP contribution < -0.4 is 10.6 Å². The quantitative estimate of drug-likeness (QED) is 0.665. The van der Waals surface area contributed by atoms with Gasteiger partial charge in [0.2, 0.25) is 17.0 Å². The van der Waals surface area contributed by atoms with Gasteiger partial charge in [-0.05, 0) is 41.5 Å². The first-order chi connectivity index (χ1) is 12.1. The average Bonchev–Trinajstić information content (AvgIpc) is 2.98. The van der Waals surface area contributed by atoms with Gasteiger partial charge in [0.1, 0.15) is 0 Å². The molecule has 0 aromatic carbocycles. The second kappa shape index (κ2) is 8.13. The van der Waals surface area contributed by atoms with Crippen LogP contribution in [0.5, 0.6) is 0 Å². The number of rotatable bonds is 6. The normalized spacial score (nSPS) is 29.0. The third kappa shape index (κ3) is 4.49. The molecule has 2 amide bonds. The summed E-state index contributed by atoms with van der Waals surface area (Å²) in [5.41, 5.74) is 0. The Morgan fingerprint density at radius 2 is 2.32 bits per heavy atom. The number of carbonyl (C=O) groups excluding carboxylic acids is 2. The number of nitrogens with one attached hydrogen (secondary N) is 2. The van der Waals surface area contributed by atoms with E-state index in [9.17, 15) is 9.59 Å². The highest BCUT2D eigenvalue weighted by atomic mass is 32.2. The Bertz CT molecular complexity index is 624. The van der Waals surface area contributed by atoms with Crippen molar-refractivity contribution in [2.45, 2.75) is 42.9 Å². The minimum Gasteiger partial charge on any atom is -0.384 e. The van der Waals surface area contributed by atoms with Gasteiger partial charge in [-0.1, -0.05) is 11.8 Å². The Kier molecular flexibility index (Phi) is 5.89. The number of carbonyl (C=O) groups is 2. The van der Waals surface area contributed by atoms with Crippen molar-refractivity contribution in [3.8, 4) is 0 Å². The van der Waals surface area contributed by atoms with E-state index in [1.54, 1.807) is 14.2 Å². The number of tetrazole rings is 1. The number of hydrogen-bond donors (Lipinski definition) is 2. The summed E-state index contributed by atoms with van der Waals surface area (Å²) in [7, 11) is 3.42. The first-order valence-corrected chi connectivity index (χ1v) is 9.48. The monoisotopic (exact) mass is 368 g/mol. The van der Waals surface area contributed by atoms with E-state index >= 15 is 0 Å². The molecule has 0 radical (unpaired) electrons. The Morgan fingerprint density at radius 1 is 1.48 bits per heavy atom. The Hall–Kier alpha value is -1.68. The van der Waals surface area contributed by atoms with Crippen LogP contribution in [0.25, 0.3) is 0 Å². The summed E-state index contributed by atoms with van der Waals surface area (Å²) in [4.78, 5) is 24.1. The zero-order valence-electron chi connectivity index (χ0n) is 14.5. The molecule has 1 aliphatic carbocycles. The molecular formula is C15H24N6O3S. The molecule has 10 heteroatoms. The topological polar surface area (TPSA) is 111 Å². The lowest BCUT2D eigenvalue weighted by Gasteiger charge is -2.43. The standard InChI is InChI=1S/C15H24N6O3S/c1-21-15(18-19-20-21)25-8-14(23)16-10-3-4-11-9(7-24-2)5-13(22)17-12(11)6-10/h9-12H,3-8H2,1-2H3,(H,16,23)(H,17,22). The fourth-order valence-corrected chi connectivity index (χ4v) is 4.51. The Labute approximate surface area is 150 Å². The Morgan fingerprint density at radius 3 is 3.04 bits per heavy atom. The predicted octanol–water partition coefficient (Wildman–Crippen LogP) is -0.262. The van der Waals surface area contributed by atoms with Crippen molar-refractivity contribution in [1.82, 2.24) is 30.8 Å². The van der Waals surface area contributed by atoms with Gasteiger partial charge in [0.15, 0.2) is 0 Å². The van der Waals surface area contributed by atoms with Crippen molar-refractivity contribution < 1.29 is 14.3 Å². The number of methoxy groups -OCH3 is 1. The molecule has 4 atom stereocenters. The van der Waals surface area contributed by atoms with E-state index in [0.29, 0.717) is 24.1 Å². The van der Waals surface area contributed by atoms with Gasteiger partial charge in [-0.25, -0.2) is 4.68 Å². The highest BCUT2D eigenvalue weighted by Gasteiger charge is 2.40. The van der Waals surface area contributed by atoms with Gasteiger partial charge in [-0.3, -0.25) is 9.59 Å². The number of aromatic nitrogens is 4. The number of amides is 2. The van der Waals surface area contributed by atoms with E-state index in [4.69, 9.17) is 4.74 Å². The van der Waals surface area contributed by atoms with Crippen LogP contribution in [0.1, 0.15) is 25.7 Å². The van der Waals surface area contributed by atoms with Crippen LogP contribution in [0.3, 0.4) is 0 Å². The van der Waals surface area contributed by atoms with Crippen LogP contribution >= 0.6 is 11.8 Å². The van der Waals surface area contributed by atoms with Crippen LogP contribution in [0.2, 0.25) is 0 Å². The number of aryl methyl sites for hydroxylation is 1. The van der Waals surface area contributed by atoms with Crippen molar-refractivity contribution in [1.29, 1.82) is 0 Å². The molecule has 2 fully saturated rings. The van der Waals surface area contributed by atoms with Crippen molar-refractivity contribution in [2.75, 3.05) is 19.5 Å². The molecule has 2 N–H and O–H groups in total. The highest BCUT2D eigenvalue weighted by molar-refractivity contribution is 7.99. The SMILES string of the molecule is COCC1CC(=O)NC2CC(NC(=O)CSc3nnnn3C)CCC12. The van der Waals surface area contributed by atoms with Crippen LogP contribution in [0.4, 0.5) is 0 Å². The smallest absolute Gasteiger partial charge is 0.230 e. The largest absolute Gasteiger partial charge is 0.384 e. The number of thioether (sulfide) groups is 1. The molecule has 25 heavy (non-hydrogen) atoms. The van der Waals surface area contributed by atoms with Gasteiger partial charge in [-0.15, -0.1) is 5.10 Å². The molecule has 1 aromatic heterocycles. The van der Waals surface area contributed by atoms with E-state index in [-0.39, 0.29) is 35.6 Å². The van der Waals surface area contributed by atoms with E-state index in [0.717, 1.165) is 19.3 Å². The summed E-state index contributed by atoms with van der Waals surface area (Å²) >= 11 is 1.31. The average molecular weight is 368 g/mol. The summed E-state index contributed by atoms with van der Waals surface area (Å²) in [5.74, 6) is 1.04. The molecule has 1 saturated heterocycles. The molecule has 138 valence electrons. The van der Waals surface area contributed by atoms with E-state index < -0.39 is 0 Å². The molecule has 1 aliphatic heterocycles. The van der Waals surface area contributed by atoms with E-state index in [2.05, 4.69) is 26.2 Å². The summed E-state index contributed by atoms with van der Waals surface area (Å²) in [5, 5.41) is 17.9. The van der Waals surface area contributed by atoms with Crippen LogP contribution in [-0.2, 0) is 21.4 Å². The minimum atomic E-state index is -0.0352. The predicted molar refractivity (Wildman–Crippen MR) is 90.7 cm³/mol. The van der Waals surface area contributed by atoms with Crippen molar-refractivity contribution >= 4 is 23.6 Å². The molecule has 4 unspecified atom stereocenters. The fraction of sp³-hybridized carbons (Fsp3) is 0.800. The highest BCUT2D eigenvalue weighted by Crippen LogP contribution is 2.35. The van der Waals surface area contributed by atoms with Crippen molar-refractivity contribution in [3.63, 3.8) is 0 Å². The second-order valence-electron chi connectivity index (χ2n) is 6.71. The lowest BCUT2D eigenvalue weighted by Crippen LogP contribution is -2.56. The molecule has 2 aliphatic rings. The molecule has 3 rings (SSSR count). The lowest BCUT2D eigenvalue weighted by atomic mass is 9.71. The minimum absolute atomic E-state index is 0.0352. The maximum absolute atomic E-state index is 12.2. The van der Waals surface area contributed by atoms with Gasteiger partial charge >= 0.3 is 0 Å². The zero-order valence-corrected chi connectivity index (χ0v) is 15.3. The molecule has 1 saturated carbocycles. The molecule has 1 aromatic rings. The second-order valence-corrected chi connectivity index (χ2v) is 7.65. The molecular weight excluding hydrogens is 344 g/mol. The summed E-state index contributed by atoms with van der Waals surface area (Å²) in [6.07, 6.45) is 3.23. The van der Waals surface area contributed by atoms with Crippen LogP contribution in [0, 0.1) is 11.8 Å².